The first-order valence-electron chi connectivity index (χ1n) is 9.35. The van der Waals surface area contributed by atoms with Gasteiger partial charge in [0.2, 0.25) is 0 Å². The van der Waals surface area contributed by atoms with E-state index in [1.165, 1.54) is 5.57 Å². The van der Waals surface area contributed by atoms with Crippen LogP contribution >= 0.6 is 0 Å². The molecule has 24 heavy (non-hydrogen) atoms. The summed E-state index contributed by atoms with van der Waals surface area (Å²) in [6, 6.07) is 0. The molecule has 0 atom stereocenters. The molecule has 0 aliphatic carbocycles. The van der Waals surface area contributed by atoms with E-state index in [1.54, 1.807) is 0 Å². The number of piperazine rings is 1. The first-order valence-corrected chi connectivity index (χ1v) is 9.35. The van der Waals surface area contributed by atoms with Crippen LogP contribution in [0.25, 0.3) is 0 Å². The van der Waals surface area contributed by atoms with Gasteiger partial charge >= 0.3 is 0 Å². The number of aliphatic imine (C=N–C) groups is 1. The van der Waals surface area contributed by atoms with Gasteiger partial charge in [-0.15, -0.1) is 0 Å². The summed E-state index contributed by atoms with van der Waals surface area (Å²) in [4.78, 5) is 8.94. The molecule has 1 fully saturated rings. The van der Waals surface area contributed by atoms with Gasteiger partial charge in [-0.1, -0.05) is 45.9 Å². The lowest BCUT2D eigenvalue weighted by Crippen LogP contribution is -2.56. The van der Waals surface area contributed by atoms with Crippen molar-refractivity contribution < 1.29 is 5.11 Å². The van der Waals surface area contributed by atoms with Gasteiger partial charge in [-0.05, 0) is 26.3 Å². The van der Waals surface area contributed by atoms with Crippen molar-refractivity contribution in [2.45, 2.75) is 54.0 Å². The van der Waals surface area contributed by atoms with Crippen LogP contribution in [0.5, 0.6) is 0 Å². The lowest BCUT2D eigenvalue weighted by molar-refractivity contribution is 0.0193. The number of allylic oxidation sites excluding steroid dienone is 3. The molecule has 0 aromatic carbocycles. The molecular formula is C20H41N3O. The Kier molecular flexibility index (Phi) is 16.4. The van der Waals surface area contributed by atoms with Gasteiger partial charge < -0.3 is 5.11 Å². The van der Waals surface area contributed by atoms with Crippen molar-refractivity contribution in [2.24, 2.45) is 4.99 Å². The lowest BCUT2D eigenvalue weighted by Gasteiger charge is -2.43. The largest absolute Gasteiger partial charge is 0.394 e. The maximum absolute atomic E-state index is 9.44. The number of aliphatic hydroxyl groups is 1. The average molecular weight is 340 g/mol. The summed E-state index contributed by atoms with van der Waals surface area (Å²) in [6.45, 7) is 19.5. The smallest absolute Gasteiger partial charge is 0.0610 e. The molecule has 0 radical (unpaired) electrons. The van der Waals surface area contributed by atoms with E-state index >= 15 is 0 Å². The normalized spacial score (nSPS) is 17.5. The zero-order valence-corrected chi connectivity index (χ0v) is 17.3. The Labute approximate surface area is 151 Å². The van der Waals surface area contributed by atoms with E-state index in [0.29, 0.717) is 0 Å². The Morgan fingerprint density at radius 1 is 1.08 bits per heavy atom. The fourth-order valence-electron chi connectivity index (χ4n) is 2.39. The Morgan fingerprint density at radius 3 is 2.04 bits per heavy atom. The Bertz CT molecular complexity index is 365. The molecule has 0 aromatic rings. The Hall–Kier alpha value is -0.970. The van der Waals surface area contributed by atoms with Crippen molar-refractivity contribution >= 4 is 6.21 Å². The predicted molar refractivity (Wildman–Crippen MR) is 109 cm³/mol. The molecule has 142 valence electrons. The molecule has 0 amide bonds. The molecule has 1 aliphatic rings. The van der Waals surface area contributed by atoms with Gasteiger partial charge in [0, 0.05) is 51.5 Å². The summed E-state index contributed by atoms with van der Waals surface area (Å²) in [6.07, 6.45) is 8.15. The topological polar surface area (TPSA) is 39.1 Å². The third-order valence-electron chi connectivity index (χ3n) is 3.82. The minimum Gasteiger partial charge on any atom is -0.394 e. The molecule has 1 N–H and O–H groups in total. The summed E-state index contributed by atoms with van der Waals surface area (Å²) in [5.41, 5.74) is 1.13. The van der Waals surface area contributed by atoms with E-state index in [1.807, 2.05) is 54.0 Å². The van der Waals surface area contributed by atoms with E-state index in [-0.39, 0.29) is 12.1 Å². The van der Waals surface area contributed by atoms with Gasteiger partial charge in [0.25, 0.3) is 0 Å². The van der Waals surface area contributed by atoms with Crippen molar-refractivity contribution in [3.8, 4) is 0 Å². The molecule has 1 saturated heterocycles. The van der Waals surface area contributed by atoms with Gasteiger partial charge in [0.15, 0.2) is 0 Å². The van der Waals surface area contributed by atoms with Crippen LogP contribution in [0.2, 0.25) is 0 Å². The highest BCUT2D eigenvalue weighted by atomic mass is 16.3. The Morgan fingerprint density at radius 2 is 1.62 bits per heavy atom. The molecule has 0 aromatic heterocycles. The number of hydrogen-bond acceptors (Lipinski definition) is 4. The zero-order valence-electron chi connectivity index (χ0n) is 17.3. The van der Waals surface area contributed by atoms with Gasteiger partial charge in [-0.25, -0.2) is 0 Å². The average Bonchev–Trinajstić information content (AvgIpc) is 2.63. The number of nitrogens with zero attached hydrogens (tertiary/aromatic N) is 3. The fourth-order valence-corrected chi connectivity index (χ4v) is 2.39. The number of aliphatic hydroxyl groups excluding tert-OH is 1. The van der Waals surface area contributed by atoms with Gasteiger partial charge in [-0.3, -0.25) is 14.8 Å². The first kappa shape index (κ1) is 25.3. The van der Waals surface area contributed by atoms with Crippen molar-refractivity contribution in [1.29, 1.82) is 0 Å². The molecule has 1 rings (SSSR count). The summed E-state index contributed by atoms with van der Waals surface area (Å²) in [5, 5.41) is 9.44. The highest BCUT2D eigenvalue weighted by Crippen LogP contribution is 2.16. The van der Waals surface area contributed by atoms with Gasteiger partial charge in [0.1, 0.15) is 0 Å². The Balaban J connectivity index is 0. The number of hydrogen-bond donors (Lipinski definition) is 1. The van der Waals surface area contributed by atoms with Crippen molar-refractivity contribution in [3.63, 3.8) is 0 Å². The van der Waals surface area contributed by atoms with E-state index in [4.69, 9.17) is 0 Å². The highest BCUT2D eigenvalue weighted by molar-refractivity contribution is 5.79. The maximum Gasteiger partial charge on any atom is 0.0610 e. The molecule has 0 spiro atoms. The minimum atomic E-state index is -0.111. The SMILES string of the molecule is C/C=C/C=C(\C=NC)CN1CCN(C(C)(C)CO)CC1.CC.CC. The van der Waals surface area contributed by atoms with Crippen LogP contribution in [0.15, 0.2) is 28.8 Å². The third-order valence-corrected chi connectivity index (χ3v) is 3.82. The van der Waals surface area contributed by atoms with Crippen molar-refractivity contribution in [1.82, 2.24) is 9.80 Å². The third kappa shape index (κ3) is 10.0. The van der Waals surface area contributed by atoms with Crippen LogP contribution in [0.3, 0.4) is 0 Å². The molecule has 1 heterocycles. The van der Waals surface area contributed by atoms with Crippen molar-refractivity contribution in [3.05, 3.63) is 23.8 Å². The standard InChI is InChI=1S/C16H29N3O.2C2H6/c1-5-6-7-15(12-17-4)13-18-8-10-19(11-9-18)16(2,3)14-20;2*1-2/h5-7,12,20H,8-11,13-14H2,1-4H3;2*1-2H3/b6-5+,15-7+,17-12?;;. The van der Waals surface area contributed by atoms with E-state index in [0.717, 1.165) is 32.7 Å². The fraction of sp³-hybridized carbons (Fsp3) is 0.750. The monoisotopic (exact) mass is 339 g/mol. The lowest BCUT2D eigenvalue weighted by atomic mass is 10.0. The van der Waals surface area contributed by atoms with Crippen LogP contribution < -0.4 is 0 Å². The summed E-state index contributed by atoms with van der Waals surface area (Å²) in [7, 11) is 1.81. The van der Waals surface area contributed by atoms with Gasteiger partial charge in [0.05, 0.1) is 6.61 Å². The highest BCUT2D eigenvalue weighted by Gasteiger charge is 2.29. The molecule has 4 heteroatoms. The van der Waals surface area contributed by atoms with Crippen LogP contribution in [0.1, 0.15) is 48.5 Å². The molecule has 0 unspecified atom stereocenters. The van der Waals surface area contributed by atoms with Gasteiger partial charge in [-0.2, -0.15) is 0 Å². The quantitative estimate of drug-likeness (QED) is 0.593. The molecule has 4 nitrogen and oxygen atoms in total. The second-order valence-corrected chi connectivity index (χ2v) is 5.89. The van der Waals surface area contributed by atoms with E-state index < -0.39 is 0 Å². The van der Waals surface area contributed by atoms with Crippen LogP contribution in [-0.4, -0.2) is 73.0 Å². The minimum absolute atomic E-state index is 0.111. The van der Waals surface area contributed by atoms with Crippen LogP contribution in [-0.2, 0) is 0 Å². The summed E-state index contributed by atoms with van der Waals surface area (Å²) >= 11 is 0. The summed E-state index contributed by atoms with van der Waals surface area (Å²) < 4.78 is 0. The molecule has 0 bridgehead atoms. The second kappa shape index (κ2) is 15.6. The predicted octanol–water partition coefficient (Wildman–Crippen LogP) is 3.63. The van der Waals surface area contributed by atoms with E-state index in [2.05, 4.69) is 40.8 Å². The summed E-state index contributed by atoms with van der Waals surface area (Å²) in [5.74, 6) is 0. The zero-order chi connectivity index (χ0) is 19.0. The molecule has 1 aliphatic heterocycles. The molecular weight excluding hydrogens is 298 g/mol. The molecule has 0 saturated carbocycles. The first-order chi connectivity index (χ1) is 11.5. The van der Waals surface area contributed by atoms with Crippen molar-refractivity contribution in [2.75, 3.05) is 46.4 Å². The van der Waals surface area contributed by atoms with Crippen LogP contribution in [0.4, 0.5) is 0 Å². The second-order valence-electron chi connectivity index (χ2n) is 5.89. The van der Waals surface area contributed by atoms with E-state index in [9.17, 15) is 5.11 Å². The maximum atomic E-state index is 9.44. The van der Waals surface area contributed by atoms with Crippen LogP contribution in [0, 0.1) is 0 Å². The number of rotatable bonds is 6.